The summed E-state index contributed by atoms with van der Waals surface area (Å²) in [6, 6.07) is 2.23. The number of hydrogen-bond donors (Lipinski definition) is 1. The van der Waals surface area contributed by atoms with E-state index in [-0.39, 0.29) is 11.9 Å². The van der Waals surface area contributed by atoms with Gasteiger partial charge in [0.25, 0.3) is 0 Å². The minimum absolute atomic E-state index is 0.215. The van der Waals surface area contributed by atoms with Crippen molar-refractivity contribution in [3.8, 4) is 0 Å². The summed E-state index contributed by atoms with van der Waals surface area (Å²) < 4.78 is 5.37. The molecule has 1 amide bonds. The van der Waals surface area contributed by atoms with Gasteiger partial charge in [-0.2, -0.15) is 0 Å². The molecule has 2 fully saturated rings. The Labute approximate surface area is 149 Å². The molecule has 3 heterocycles. The molecule has 0 aromatic carbocycles. The van der Waals surface area contributed by atoms with E-state index in [9.17, 15) is 4.79 Å². The van der Waals surface area contributed by atoms with Gasteiger partial charge in [0.1, 0.15) is 0 Å². The van der Waals surface area contributed by atoms with Gasteiger partial charge in [0.2, 0.25) is 5.91 Å². The van der Waals surface area contributed by atoms with Crippen molar-refractivity contribution < 1.29 is 9.53 Å². The maximum absolute atomic E-state index is 12.3. The van der Waals surface area contributed by atoms with Gasteiger partial charge in [-0.15, -0.1) is 0 Å². The van der Waals surface area contributed by atoms with Crippen LogP contribution in [0.25, 0.3) is 0 Å². The maximum Gasteiger partial charge on any atom is 0.224 e. The second-order valence-corrected chi connectivity index (χ2v) is 6.97. The van der Waals surface area contributed by atoms with Crippen LogP contribution in [0.15, 0.2) is 18.5 Å². The first-order chi connectivity index (χ1) is 12.1. The maximum atomic E-state index is 12.3. The normalized spacial score (nSPS) is 21.8. The van der Waals surface area contributed by atoms with E-state index >= 15 is 0 Å². The molecule has 3 rings (SSSR count). The van der Waals surface area contributed by atoms with E-state index in [0.29, 0.717) is 6.42 Å². The highest BCUT2D eigenvalue weighted by Crippen LogP contribution is 2.18. The zero-order valence-corrected chi connectivity index (χ0v) is 15.3. The highest BCUT2D eigenvalue weighted by Gasteiger charge is 2.29. The molecule has 0 radical (unpaired) electrons. The number of ether oxygens (including phenoxy) is 1. The van der Waals surface area contributed by atoms with Crippen molar-refractivity contribution in [3.63, 3.8) is 0 Å². The van der Waals surface area contributed by atoms with Crippen LogP contribution in [0.2, 0.25) is 0 Å². The van der Waals surface area contributed by atoms with Crippen molar-refractivity contribution in [2.45, 2.75) is 19.0 Å². The second kappa shape index (κ2) is 8.60. The van der Waals surface area contributed by atoms with Crippen molar-refractivity contribution in [1.29, 1.82) is 0 Å². The molecule has 2 saturated heterocycles. The molecule has 7 heteroatoms. The van der Waals surface area contributed by atoms with E-state index < -0.39 is 0 Å². The number of aromatic nitrogens is 1. The number of carbonyl (C=O) groups is 1. The van der Waals surface area contributed by atoms with Crippen molar-refractivity contribution in [2.75, 3.05) is 64.9 Å². The average molecular weight is 347 g/mol. The Bertz CT molecular complexity index is 574. The average Bonchev–Trinajstić information content (AvgIpc) is 2.99. The Hall–Kier alpha value is -1.70. The van der Waals surface area contributed by atoms with Gasteiger partial charge in [-0.1, -0.05) is 0 Å². The van der Waals surface area contributed by atoms with Crippen LogP contribution in [0.1, 0.15) is 12.0 Å². The number of amides is 1. The molecule has 0 saturated carbocycles. The summed E-state index contributed by atoms with van der Waals surface area (Å²) in [6.07, 6.45) is 4.29. The lowest BCUT2D eigenvalue weighted by molar-refractivity contribution is -0.128. The lowest BCUT2D eigenvalue weighted by Gasteiger charge is -2.28. The van der Waals surface area contributed by atoms with Crippen LogP contribution in [-0.2, 0) is 16.1 Å². The monoisotopic (exact) mass is 347 g/mol. The van der Waals surface area contributed by atoms with Crippen molar-refractivity contribution >= 4 is 11.6 Å². The van der Waals surface area contributed by atoms with Gasteiger partial charge in [-0.3, -0.25) is 14.7 Å². The summed E-state index contributed by atoms with van der Waals surface area (Å²) >= 11 is 0. The summed E-state index contributed by atoms with van der Waals surface area (Å²) in [5, 5.41) is 3.53. The second-order valence-electron chi connectivity index (χ2n) is 6.97. The summed E-state index contributed by atoms with van der Waals surface area (Å²) in [5.74, 6) is 0.254. The SMILES string of the molecule is CN(C)c1ccncc1CNC1CC(=O)N(CCN2CCOCC2)C1. The third kappa shape index (κ3) is 4.90. The summed E-state index contributed by atoms with van der Waals surface area (Å²) in [7, 11) is 4.07. The van der Waals surface area contributed by atoms with Crippen molar-refractivity contribution in [1.82, 2.24) is 20.1 Å². The molecule has 2 aliphatic rings. The fraction of sp³-hybridized carbons (Fsp3) is 0.667. The molecule has 0 bridgehead atoms. The van der Waals surface area contributed by atoms with Gasteiger partial charge in [0, 0.05) is 89.5 Å². The van der Waals surface area contributed by atoms with Crippen LogP contribution in [-0.4, -0.2) is 86.8 Å². The number of likely N-dealkylation sites (tertiary alicyclic amines) is 1. The molecule has 1 aromatic rings. The highest BCUT2D eigenvalue weighted by atomic mass is 16.5. The molecule has 138 valence electrons. The molecule has 0 spiro atoms. The first-order valence-corrected chi connectivity index (χ1v) is 9.05. The smallest absolute Gasteiger partial charge is 0.224 e. The lowest BCUT2D eigenvalue weighted by atomic mass is 10.2. The van der Waals surface area contributed by atoms with E-state index in [1.54, 1.807) is 0 Å². The number of morpholine rings is 1. The lowest BCUT2D eigenvalue weighted by Crippen LogP contribution is -2.42. The van der Waals surface area contributed by atoms with E-state index in [1.807, 2.05) is 37.5 Å². The molecule has 1 N–H and O–H groups in total. The summed E-state index contributed by atoms with van der Waals surface area (Å²) in [4.78, 5) is 22.9. The largest absolute Gasteiger partial charge is 0.379 e. The van der Waals surface area contributed by atoms with E-state index in [4.69, 9.17) is 4.74 Å². The van der Waals surface area contributed by atoms with Gasteiger partial charge < -0.3 is 19.9 Å². The molecule has 25 heavy (non-hydrogen) atoms. The zero-order valence-electron chi connectivity index (χ0n) is 15.3. The highest BCUT2D eigenvalue weighted by molar-refractivity contribution is 5.79. The molecule has 7 nitrogen and oxygen atoms in total. The zero-order chi connectivity index (χ0) is 17.6. The van der Waals surface area contributed by atoms with Crippen LogP contribution in [0.5, 0.6) is 0 Å². The summed E-state index contributed by atoms with van der Waals surface area (Å²) in [5.41, 5.74) is 2.32. The molecule has 1 atom stereocenters. The van der Waals surface area contributed by atoms with Crippen LogP contribution in [0.3, 0.4) is 0 Å². The van der Waals surface area contributed by atoms with Crippen LogP contribution in [0, 0.1) is 0 Å². The third-order valence-electron chi connectivity index (χ3n) is 4.95. The van der Waals surface area contributed by atoms with Crippen LogP contribution in [0.4, 0.5) is 5.69 Å². The predicted octanol–water partition coefficient (Wildman–Crippen LogP) is 0.170. The van der Waals surface area contributed by atoms with Gasteiger partial charge in [0.15, 0.2) is 0 Å². The Morgan fingerprint density at radius 2 is 2.12 bits per heavy atom. The van der Waals surface area contributed by atoms with E-state index in [0.717, 1.165) is 63.7 Å². The van der Waals surface area contributed by atoms with Crippen molar-refractivity contribution in [2.24, 2.45) is 0 Å². The van der Waals surface area contributed by atoms with Gasteiger partial charge in [0.05, 0.1) is 13.2 Å². The Balaban J connectivity index is 1.46. The number of nitrogens with one attached hydrogen (secondary N) is 1. The first kappa shape index (κ1) is 18.1. The fourth-order valence-corrected chi connectivity index (χ4v) is 3.46. The molecular formula is C18H29N5O2. The molecule has 1 unspecified atom stereocenters. The van der Waals surface area contributed by atoms with Crippen LogP contribution < -0.4 is 10.2 Å². The van der Waals surface area contributed by atoms with Gasteiger partial charge in [-0.05, 0) is 6.07 Å². The Morgan fingerprint density at radius 3 is 2.88 bits per heavy atom. The third-order valence-corrected chi connectivity index (χ3v) is 4.95. The topological polar surface area (TPSA) is 60.9 Å². The van der Waals surface area contributed by atoms with Gasteiger partial charge >= 0.3 is 0 Å². The molecule has 0 aliphatic carbocycles. The minimum atomic E-state index is 0.215. The van der Waals surface area contributed by atoms with Crippen molar-refractivity contribution in [3.05, 3.63) is 24.0 Å². The molecule has 1 aromatic heterocycles. The van der Waals surface area contributed by atoms with Crippen LogP contribution >= 0.6 is 0 Å². The number of hydrogen-bond acceptors (Lipinski definition) is 6. The number of nitrogens with zero attached hydrogens (tertiary/aromatic N) is 4. The van der Waals surface area contributed by atoms with Gasteiger partial charge in [-0.25, -0.2) is 0 Å². The number of pyridine rings is 1. The Morgan fingerprint density at radius 1 is 1.32 bits per heavy atom. The fourth-order valence-electron chi connectivity index (χ4n) is 3.46. The minimum Gasteiger partial charge on any atom is -0.379 e. The van der Waals surface area contributed by atoms with E-state index in [1.165, 1.54) is 0 Å². The summed E-state index contributed by atoms with van der Waals surface area (Å²) in [6.45, 7) is 6.82. The number of anilines is 1. The quantitative estimate of drug-likeness (QED) is 0.759. The number of carbonyl (C=O) groups excluding carboxylic acids is 1. The Kier molecular flexibility index (Phi) is 6.23. The predicted molar refractivity (Wildman–Crippen MR) is 97.6 cm³/mol. The first-order valence-electron chi connectivity index (χ1n) is 9.05. The molecule has 2 aliphatic heterocycles. The molecular weight excluding hydrogens is 318 g/mol. The standard InChI is InChI=1S/C18H29N5O2/c1-21(2)17-3-4-19-12-15(17)13-20-16-11-18(24)23(14-16)6-5-22-7-9-25-10-8-22/h3-4,12,16,20H,5-11,13-14H2,1-2H3. The number of rotatable bonds is 7. The van der Waals surface area contributed by atoms with E-state index in [2.05, 4.69) is 20.1 Å².